The standard InChI is InChI=1S/C12H13NO4/c1-16-6-2-3-11-13-9-7-8(12(14)15)4-5-10(9)17-11/h4-5,7H,2-3,6H2,1H3,(H,14,15). The summed E-state index contributed by atoms with van der Waals surface area (Å²) in [5, 5.41) is 8.85. The Hall–Kier alpha value is -1.88. The van der Waals surface area contributed by atoms with Gasteiger partial charge in [0.25, 0.3) is 0 Å². The Labute approximate surface area is 98.0 Å². The van der Waals surface area contributed by atoms with Gasteiger partial charge in [0.05, 0.1) is 5.56 Å². The number of aromatic carboxylic acids is 1. The van der Waals surface area contributed by atoms with Crippen molar-refractivity contribution < 1.29 is 19.1 Å². The highest BCUT2D eigenvalue weighted by molar-refractivity contribution is 5.91. The molecular formula is C12H13NO4. The van der Waals surface area contributed by atoms with Crippen molar-refractivity contribution in [3.05, 3.63) is 29.7 Å². The Morgan fingerprint density at radius 1 is 1.53 bits per heavy atom. The third kappa shape index (κ3) is 2.62. The van der Waals surface area contributed by atoms with Gasteiger partial charge in [0.2, 0.25) is 0 Å². The van der Waals surface area contributed by atoms with Crippen LogP contribution >= 0.6 is 0 Å². The summed E-state index contributed by atoms with van der Waals surface area (Å²) in [6.45, 7) is 0.652. The molecule has 1 N–H and O–H groups in total. The maximum Gasteiger partial charge on any atom is 0.335 e. The van der Waals surface area contributed by atoms with Crippen LogP contribution in [-0.4, -0.2) is 29.8 Å². The molecule has 1 heterocycles. The Morgan fingerprint density at radius 2 is 2.35 bits per heavy atom. The van der Waals surface area contributed by atoms with Crippen LogP contribution in [-0.2, 0) is 11.2 Å². The number of methoxy groups -OCH3 is 1. The lowest BCUT2D eigenvalue weighted by Gasteiger charge is -1.93. The predicted octanol–water partition coefficient (Wildman–Crippen LogP) is 2.10. The maximum absolute atomic E-state index is 10.8. The van der Waals surface area contributed by atoms with Crippen molar-refractivity contribution in [2.45, 2.75) is 12.8 Å². The van der Waals surface area contributed by atoms with Gasteiger partial charge < -0.3 is 14.3 Å². The molecule has 17 heavy (non-hydrogen) atoms. The lowest BCUT2D eigenvalue weighted by Crippen LogP contribution is -1.94. The summed E-state index contributed by atoms with van der Waals surface area (Å²) in [4.78, 5) is 15.0. The zero-order chi connectivity index (χ0) is 12.3. The first-order valence-corrected chi connectivity index (χ1v) is 5.32. The van der Waals surface area contributed by atoms with E-state index in [4.69, 9.17) is 14.3 Å². The summed E-state index contributed by atoms with van der Waals surface area (Å²) in [7, 11) is 1.64. The highest BCUT2D eigenvalue weighted by Gasteiger charge is 2.09. The molecule has 0 unspecified atom stereocenters. The van der Waals surface area contributed by atoms with E-state index in [1.165, 1.54) is 12.1 Å². The third-order valence-electron chi connectivity index (χ3n) is 2.42. The van der Waals surface area contributed by atoms with Gasteiger partial charge in [-0.05, 0) is 24.6 Å². The summed E-state index contributed by atoms with van der Waals surface area (Å²) < 4.78 is 10.4. The molecule has 1 aromatic heterocycles. The number of aryl methyl sites for hydroxylation is 1. The third-order valence-corrected chi connectivity index (χ3v) is 2.42. The fraction of sp³-hybridized carbons (Fsp3) is 0.333. The summed E-state index contributed by atoms with van der Waals surface area (Å²) in [6.07, 6.45) is 1.51. The number of carboxylic acid groups (broad SMARTS) is 1. The van der Waals surface area contributed by atoms with E-state index in [1.54, 1.807) is 13.2 Å². The monoisotopic (exact) mass is 235 g/mol. The van der Waals surface area contributed by atoms with Crippen LogP contribution in [0.25, 0.3) is 11.1 Å². The average Bonchev–Trinajstić information content (AvgIpc) is 2.70. The van der Waals surface area contributed by atoms with E-state index >= 15 is 0 Å². The Morgan fingerprint density at radius 3 is 3.06 bits per heavy atom. The first-order chi connectivity index (χ1) is 8.20. The zero-order valence-electron chi connectivity index (χ0n) is 9.47. The number of hydrogen-bond acceptors (Lipinski definition) is 4. The fourth-order valence-electron chi connectivity index (χ4n) is 1.58. The molecule has 2 aromatic rings. The maximum atomic E-state index is 10.8. The van der Waals surface area contributed by atoms with Crippen molar-refractivity contribution in [1.82, 2.24) is 4.98 Å². The number of fused-ring (bicyclic) bond motifs is 1. The molecule has 5 nitrogen and oxygen atoms in total. The first-order valence-electron chi connectivity index (χ1n) is 5.32. The molecule has 2 rings (SSSR count). The number of aromatic nitrogens is 1. The summed E-state index contributed by atoms with van der Waals surface area (Å²) in [5.74, 6) is -0.351. The number of carbonyl (C=O) groups is 1. The number of nitrogens with zero attached hydrogens (tertiary/aromatic N) is 1. The van der Waals surface area contributed by atoms with Crippen LogP contribution in [0.15, 0.2) is 22.6 Å². The normalized spacial score (nSPS) is 10.9. The highest BCUT2D eigenvalue weighted by atomic mass is 16.5. The second-order valence-electron chi connectivity index (χ2n) is 3.69. The predicted molar refractivity (Wildman–Crippen MR) is 61.2 cm³/mol. The molecule has 1 aromatic carbocycles. The van der Waals surface area contributed by atoms with Gasteiger partial charge in [-0.15, -0.1) is 0 Å². The van der Waals surface area contributed by atoms with Gasteiger partial charge in [0, 0.05) is 20.1 Å². The number of oxazole rings is 1. The Bertz CT molecular complexity index is 532. The van der Waals surface area contributed by atoms with E-state index in [0.717, 1.165) is 6.42 Å². The van der Waals surface area contributed by atoms with Crippen molar-refractivity contribution in [3.63, 3.8) is 0 Å². The van der Waals surface area contributed by atoms with Gasteiger partial charge in [-0.3, -0.25) is 0 Å². The molecule has 0 fully saturated rings. The van der Waals surface area contributed by atoms with Crippen LogP contribution in [0, 0.1) is 0 Å². The zero-order valence-corrected chi connectivity index (χ0v) is 9.47. The summed E-state index contributed by atoms with van der Waals surface area (Å²) >= 11 is 0. The molecule has 0 bridgehead atoms. The van der Waals surface area contributed by atoms with Gasteiger partial charge in [-0.1, -0.05) is 0 Å². The number of ether oxygens (including phenoxy) is 1. The molecule has 90 valence electrons. The van der Waals surface area contributed by atoms with Crippen LogP contribution in [0.2, 0.25) is 0 Å². The van der Waals surface area contributed by atoms with Crippen molar-refractivity contribution >= 4 is 17.1 Å². The van der Waals surface area contributed by atoms with Crippen LogP contribution in [0.3, 0.4) is 0 Å². The number of carboxylic acids is 1. The van der Waals surface area contributed by atoms with Crippen molar-refractivity contribution in [2.24, 2.45) is 0 Å². The second-order valence-corrected chi connectivity index (χ2v) is 3.69. The van der Waals surface area contributed by atoms with E-state index < -0.39 is 5.97 Å². The lowest BCUT2D eigenvalue weighted by atomic mass is 10.2. The van der Waals surface area contributed by atoms with Crippen LogP contribution < -0.4 is 0 Å². The molecule has 0 saturated heterocycles. The van der Waals surface area contributed by atoms with Gasteiger partial charge in [0.15, 0.2) is 11.5 Å². The summed E-state index contributed by atoms with van der Waals surface area (Å²) in [6, 6.07) is 4.65. The summed E-state index contributed by atoms with van der Waals surface area (Å²) in [5.41, 5.74) is 1.41. The minimum atomic E-state index is -0.962. The lowest BCUT2D eigenvalue weighted by molar-refractivity contribution is 0.0697. The van der Waals surface area contributed by atoms with Gasteiger partial charge >= 0.3 is 5.97 Å². The van der Waals surface area contributed by atoms with E-state index in [1.807, 2.05) is 0 Å². The molecule has 0 atom stereocenters. The SMILES string of the molecule is COCCCc1nc2cc(C(=O)O)ccc2o1. The van der Waals surface area contributed by atoms with Crippen LogP contribution in [0.5, 0.6) is 0 Å². The topological polar surface area (TPSA) is 72.6 Å². The molecule has 0 radical (unpaired) electrons. The Balaban J connectivity index is 2.21. The first kappa shape index (κ1) is 11.6. The van der Waals surface area contributed by atoms with E-state index in [-0.39, 0.29) is 5.56 Å². The van der Waals surface area contributed by atoms with E-state index in [0.29, 0.717) is 30.0 Å². The van der Waals surface area contributed by atoms with Crippen molar-refractivity contribution in [3.8, 4) is 0 Å². The molecule has 0 amide bonds. The van der Waals surface area contributed by atoms with Crippen LogP contribution in [0.4, 0.5) is 0 Å². The van der Waals surface area contributed by atoms with E-state index in [2.05, 4.69) is 4.98 Å². The second kappa shape index (κ2) is 4.97. The smallest absolute Gasteiger partial charge is 0.335 e. The van der Waals surface area contributed by atoms with Crippen molar-refractivity contribution in [2.75, 3.05) is 13.7 Å². The molecule has 0 spiro atoms. The molecule has 0 aliphatic heterocycles. The minimum absolute atomic E-state index is 0.217. The molecule has 5 heteroatoms. The van der Waals surface area contributed by atoms with Gasteiger partial charge in [0.1, 0.15) is 5.52 Å². The van der Waals surface area contributed by atoms with Gasteiger partial charge in [-0.25, -0.2) is 9.78 Å². The van der Waals surface area contributed by atoms with Crippen molar-refractivity contribution in [1.29, 1.82) is 0 Å². The van der Waals surface area contributed by atoms with Crippen LogP contribution in [0.1, 0.15) is 22.7 Å². The molecule has 0 aliphatic rings. The largest absolute Gasteiger partial charge is 0.478 e. The molecule has 0 aliphatic carbocycles. The number of benzene rings is 1. The average molecular weight is 235 g/mol. The molecular weight excluding hydrogens is 222 g/mol. The minimum Gasteiger partial charge on any atom is -0.478 e. The van der Waals surface area contributed by atoms with E-state index in [9.17, 15) is 4.79 Å². The number of hydrogen-bond donors (Lipinski definition) is 1. The Kier molecular flexibility index (Phi) is 3.39. The fourth-order valence-corrected chi connectivity index (χ4v) is 1.58. The number of rotatable bonds is 5. The van der Waals surface area contributed by atoms with Gasteiger partial charge in [-0.2, -0.15) is 0 Å². The highest BCUT2D eigenvalue weighted by Crippen LogP contribution is 2.18. The molecule has 0 saturated carbocycles. The quantitative estimate of drug-likeness (QED) is 0.803.